The largest absolute Gasteiger partial charge is 0.375 e. The maximum atomic E-state index is 12.2. The Morgan fingerprint density at radius 3 is 2.48 bits per heavy atom. The summed E-state index contributed by atoms with van der Waals surface area (Å²) in [5.41, 5.74) is 0. The van der Waals surface area contributed by atoms with Crippen molar-refractivity contribution in [2.24, 2.45) is 5.92 Å². The number of ether oxygens (including phenoxy) is 1. The molecule has 130 valence electrons. The Hall–Kier alpha value is -1.30. The molecule has 0 radical (unpaired) electrons. The number of nitrogens with zero attached hydrogens (tertiary/aromatic N) is 1. The highest BCUT2D eigenvalue weighted by Crippen LogP contribution is 2.24. The molecule has 2 heterocycles. The van der Waals surface area contributed by atoms with Gasteiger partial charge in [-0.15, -0.1) is 0 Å². The van der Waals surface area contributed by atoms with Crippen molar-refractivity contribution in [1.29, 1.82) is 0 Å². The summed E-state index contributed by atoms with van der Waals surface area (Å²) >= 11 is 0. The van der Waals surface area contributed by atoms with Gasteiger partial charge < -0.3 is 20.3 Å². The molecule has 3 amide bonds. The lowest BCUT2D eigenvalue weighted by molar-refractivity contribution is -0.119. The molecule has 23 heavy (non-hydrogen) atoms. The Morgan fingerprint density at radius 1 is 1.13 bits per heavy atom. The average molecular weight is 323 g/mol. The van der Waals surface area contributed by atoms with Crippen LogP contribution in [0.4, 0.5) is 4.79 Å². The Bertz CT molecular complexity index is 415. The van der Waals surface area contributed by atoms with Crippen molar-refractivity contribution in [1.82, 2.24) is 15.5 Å². The minimum atomic E-state index is 0.000431. The van der Waals surface area contributed by atoms with Crippen LogP contribution in [0.2, 0.25) is 0 Å². The summed E-state index contributed by atoms with van der Waals surface area (Å²) < 4.78 is 6.21. The molecule has 2 aliphatic heterocycles. The van der Waals surface area contributed by atoms with Crippen molar-refractivity contribution < 1.29 is 14.3 Å². The first kappa shape index (κ1) is 16.6. The summed E-state index contributed by atoms with van der Waals surface area (Å²) in [4.78, 5) is 25.2. The fraction of sp³-hybridized carbons (Fsp3) is 0.882. The van der Waals surface area contributed by atoms with Gasteiger partial charge in [-0.25, -0.2) is 4.79 Å². The van der Waals surface area contributed by atoms with Crippen molar-refractivity contribution in [2.45, 2.75) is 63.6 Å². The van der Waals surface area contributed by atoms with Crippen LogP contribution >= 0.6 is 0 Å². The third-order valence-electron chi connectivity index (χ3n) is 5.27. The van der Waals surface area contributed by atoms with Crippen molar-refractivity contribution >= 4 is 11.9 Å². The van der Waals surface area contributed by atoms with E-state index in [9.17, 15) is 9.59 Å². The molecule has 1 unspecified atom stereocenters. The van der Waals surface area contributed by atoms with Gasteiger partial charge in [0.2, 0.25) is 5.91 Å². The molecule has 1 aliphatic carbocycles. The van der Waals surface area contributed by atoms with Crippen molar-refractivity contribution in [3.05, 3.63) is 0 Å². The number of piperidine rings is 1. The standard InChI is InChI=1S/C17H29N3O3/c21-16-10-13(11-18-16)12-19-17(22)20-8-6-15(7-9-20)23-14-4-2-1-3-5-14/h13-15H,1-12H2,(H,18,21)(H,19,22). The molecule has 2 N–H and O–H groups in total. The number of carbonyl (C=O) groups excluding carboxylic acids is 2. The van der Waals surface area contributed by atoms with E-state index in [1.807, 2.05) is 4.90 Å². The van der Waals surface area contributed by atoms with Crippen LogP contribution in [0.1, 0.15) is 51.4 Å². The van der Waals surface area contributed by atoms with Crippen LogP contribution in [0.5, 0.6) is 0 Å². The number of rotatable bonds is 4. The highest BCUT2D eigenvalue weighted by Gasteiger charge is 2.27. The summed E-state index contributed by atoms with van der Waals surface area (Å²) in [5, 5.41) is 5.76. The molecule has 3 aliphatic rings. The first-order valence-electron chi connectivity index (χ1n) is 9.15. The van der Waals surface area contributed by atoms with Gasteiger partial charge in [-0.2, -0.15) is 0 Å². The van der Waals surface area contributed by atoms with Crippen LogP contribution in [0.25, 0.3) is 0 Å². The Morgan fingerprint density at radius 2 is 1.83 bits per heavy atom. The summed E-state index contributed by atoms with van der Waals surface area (Å²) in [6.45, 7) is 2.79. The summed E-state index contributed by atoms with van der Waals surface area (Å²) in [6.07, 6.45) is 9.51. The maximum absolute atomic E-state index is 12.2. The molecule has 0 bridgehead atoms. The molecule has 0 spiro atoms. The average Bonchev–Trinajstić information content (AvgIpc) is 3.00. The van der Waals surface area contributed by atoms with Gasteiger partial charge in [-0.05, 0) is 25.7 Å². The SMILES string of the molecule is O=C1CC(CNC(=O)N2CCC(OC3CCCCC3)CC2)CN1. The number of nitrogens with one attached hydrogen (secondary N) is 2. The molecular weight excluding hydrogens is 294 g/mol. The Balaban J connectivity index is 1.33. The van der Waals surface area contributed by atoms with Gasteiger partial charge in [-0.3, -0.25) is 4.79 Å². The molecule has 3 rings (SSSR count). The minimum Gasteiger partial charge on any atom is -0.375 e. The lowest BCUT2D eigenvalue weighted by atomic mass is 9.97. The van der Waals surface area contributed by atoms with Gasteiger partial charge in [0.1, 0.15) is 0 Å². The molecule has 1 atom stereocenters. The molecule has 3 fully saturated rings. The number of likely N-dealkylation sites (tertiary alicyclic amines) is 1. The Labute approximate surface area is 138 Å². The third-order valence-corrected chi connectivity index (χ3v) is 5.27. The van der Waals surface area contributed by atoms with Crippen molar-refractivity contribution in [2.75, 3.05) is 26.2 Å². The zero-order valence-corrected chi connectivity index (χ0v) is 13.9. The summed E-state index contributed by atoms with van der Waals surface area (Å²) in [7, 11) is 0. The van der Waals surface area contributed by atoms with E-state index in [-0.39, 0.29) is 17.9 Å². The second-order valence-electron chi connectivity index (χ2n) is 7.14. The second-order valence-corrected chi connectivity index (χ2v) is 7.14. The molecule has 0 aromatic carbocycles. The number of carbonyl (C=O) groups is 2. The predicted molar refractivity (Wildman–Crippen MR) is 87.1 cm³/mol. The fourth-order valence-corrected chi connectivity index (χ4v) is 3.82. The number of hydrogen-bond acceptors (Lipinski definition) is 3. The second kappa shape index (κ2) is 7.99. The maximum Gasteiger partial charge on any atom is 0.317 e. The summed E-state index contributed by atoms with van der Waals surface area (Å²) in [6, 6.07) is 0.000431. The normalized spacial score (nSPS) is 27.0. The predicted octanol–water partition coefficient (Wildman–Crippen LogP) is 1.65. The van der Waals surface area contributed by atoms with E-state index >= 15 is 0 Å². The molecule has 6 nitrogen and oxygen atoms in total. The Kier molecular flexibility index (Phi) is 5.75. The first-order chi connectivity index (χ1) is 11.2. The first-order valence-corrected chi connectivity index (χ1v) is 9.15. The van der Waals surface area contributed by atoms with E-state index in [0.29, 0.717) is 31.7 Å². The molecule has 1 saturated carbocycles. The van der Waals surface area contributed by atoms with E-state index in [1.165, 1.54) is 32.1 Å². The number of amides is 3. The van der Waals surface area contributed by atoms with Crippen molar-refractivity contribution in [3.63, 3.8) is 0 Å². The van der Waals surface area contributed by atoms with Gasteiger partial charge in [-0.1, -0.05) is 19.3 Å². The molecule has 0 aromatic rings. The van der Waals surface area contributed by atoms with E-state index < -0.39 is 0 Å². The number of urea groups is 1. The molecule has 6 heteroatoms. The summed E-state index contributed by atoms with van der Waals surface area (Å²) in [5.74, 6) is 0.323. The van der Waals surface area contributed by atoms with E-state index in [0.717, 1.165) is 25.9 Å². The highest BCUT2D eigenvalue weighted by atomic mass is 16.5. The smallest absolute Gasteiger partial charge is 0.317 e. The van der Waals surface area contributed by atoms with Crippen LogP contribution in [-0.2, 0) is 9.53 Å². The van der Waals surface area contributed by atoms with Gasteiger partial charge in [0, 0.05) is 38.5 Å². The zero-order chi connectivity index (χ0) is 16.1. The van der Waals surface area contributed by atoms with Crippen LogP contribution in [0.3, 0.4) is 0 Å². The molecule has 2 saturated heterocycles. The van der Waals surface area contributed by atoms with Gasteiger partial charge >= 0.3 is 6.03 Å². The fourth-order valence-electron chi connectivity index (χ4n) is 3.82. The molecular formula is C17H29N3O3. The molecule has 0 aromatic heterocycles. The number of hydrogen-bond donors (Lipinski definition) is 2. The zero-order valence-electron chi connectivity index (χ0n) is 13.9. The van der Waals surface area contributed by atoms with Crippen LogP contribution in [0.15, 0.2) is 0 Å². The van der Waals surface area contributed by atoms with E-state index in [2.05, 4.69) is 10.6 Å². The lowest BCUT2D eigenvalue weighted by Crippen LogP contribution is -2.47. The minimum absolute atomic E-state index is 0.000431. The van der Waals surface area contributed by atoms with Crippen LogP contribution in [0, 0.1) is 5.92 Å². The van der Waals surface area contributed by atoms with Crippen LogP contribution in [-0.4, -0.2) is 55.2 Å². The topological polar surface area (TPSA) is 70.7 Å². The van der Waals surface area contributed by atoms with E-state index in [1.54, 1.807) is 0 Å². The van der Waals surface area contributed by atoms with Gasteiger partial charge in [0.25, 0.3) is 0 Å². The third kappa shape index (κ3) is 4.83. The van der Waals surface area contributed by atoms with Crippen molar-refractivity contribution in [3.8, 4) is 0 Å². The van der Waals surface area contributed by atoms with Crippen LogP contribution < -0.4 is 10.6 Å². The van der Waals surface area contributed by atoms with Gasteiger partial charge in [0.15, 0.2) is 0 Å². The highest BCUT2D eigenvalue weighted by molar-refractivity contribution is 5.78. The quantitative estimate of drug-likeness (QED) is 0.826. The van der Waals surface area contributed by atoms with E-state index in [4.69, 9.17) is 4.74 Å². The van der Waals surface area contributed by atoms with Gasteiger partial charge in [0.05, 0.1) is 12.2 Å². The monoisotopic (exact) mass is 323 g/mol. The lowest BCUT2D eigenvalue weighted by Gasteiger charge is -2.35.